The van der Waals surface area contributed by atoms with Crippen LogP contribution in [0.25, 0.3) is 0 Å². The number of esters is 4. The van der Waals surface area contributed by atoms with Crippen molar-refractivity contribution >= 4 is 35.2 Å². The molecular formula is C19H26O8S. The number of rotatable bonds is 11. The van der Waals surface area contributed by atoms with Crippen molar-refractivity contribution in [1.82, 2.24) is 0 Å². The van der Waals surface area contributed by atoms with Crippen molar-refractivity contribution in [3.05, 3.63) is 22.4 Å². The number of carbonyl (C=O) groups excluding carboxylic acids is 4. The van der Waals surface area contributed by atoms with Crippen LogP contribution in [0.4, 0.5) is 0 Å². The van der Waals surface area contributed by atoms with E-state index in [1.165, 1.54) is 11.3 Å². The molecule has 1 aromatic rings. The molecule has 0 aliphatic rings. The van der Waals surface area contributed by atoms with Gasteiger partial charge in [-0.25, -0.2) is 0 Å². The van der Waals surface area contributed by atoms with Crippen LogP contribution in [0.1, 0.15) is 38.5 Å². The van der Waals surface area contributed by atoms with Gasteiger partial charge in [-0.15, -0.1) is 11.3 Å². The largest absolute Gasteiger partial charge is 0.465 e. The molecule has 0 bridgehead atoms. The normalized spacial score (nSPS) is 10.8. The number of thiophene rings is 1. The van der Waals surface area contributed by atoms with Crippen molar-refractivity contribution in [3.63, 3.8) is 0 Å². The predicted molar refractivity (Wildman–Crippen MR) is 101 cm³/mol. The monoisotopic (exact) mass is 414 g/mol. The first-order chi connectivity index (χ1) is 13.4. The Morgan fingerprint density at radius 2 is 1.11 bits per heavy atom. The van der Waals surface area contributed by atoms with Crippen molar-refractivity contribution in [2.24, 2.45) is 11.8 Å². The van der Waals surface area contributed by atoms with Gasteiger partial charge >= 0.3 is 23.9 Å². The molecule has 0 saturated heterocycles. The van der Waals surface area contributed by atoms with Gasteiger partial charge in [-0.3, -0.25) is 19.2 Å². The third kappa shape index (κ3) is 6.05. The summed E-state index contributed by atoms with van der Waals surface area (Å²) in [6, 6.07) is 3.32. The summed E-state index contributed by atoms with van der Waals surface area (Å²) in [4.78, 5) is 51.0. The van der Waals surface area contributed by atoms with Crippen molar-refractivity contribution in [2.45, 2.75) is 33.6 Å². The average Bonchev–Trinajstić information content (AvgIpc) is 3.16. The fraction of sp³-hybridized carbons (Fsp3) is 0.579. The van der Waals surface area contributed by atoms with E-state index in [4.69, 9.17) is 18.9 Å². The lowest BCUT2D eigenvalue weighted by molar-refractivity contribution is -0.169. The molecule has 0 radical (unpaired) electrons. The minimum Gasteiger partial charge on any atom is -0.465 e. The lowest BCUT2D eigenvalue weighted by Gasteiger charge is -2.28. The van der Waals surface area contributed by atoms with Crippen LogP contribution in [-0.2, 0) is 38.1 Å². The SMILES string of the molecule is CCOC(=O)C(C(=O)OCC)C(c1cccs1)C(C(=O)OCC)C(=O)OCC. The van der Waals surface area contributed by atoms with Gasteiger partial charge in [-0.2, -0.15) is 0 Å². The molecule has 8 nitrogen and oxygen atoms in total. The zero-order valence-electron chi connectivity index (χ0n) is 16.5. The summed E-state index contributed by atoms with van der Waals surface area (Å²) < 4.78 is 20.2. The minimum absolute atomic E-state index is 0.0232. The molecule has 0 amide bonds. The Balaban J connectivity index is 3.54. The summed E-state index contributed by atoms with van der Waals surface area (Å²) in [6.45, 7) is 6.46. The molecule has 0 atom stereocenters. The Bertz CT molecular complexity index is 579. The maximum Gasteiger partial charge on any atom is 0.321 e. The van der Waals surface area contributed by atoms with E-state index < -0.39 is 41.6 Å². The van der Waals surface area contributed by atoms with Gasteiger partial charge in [0.05, 0.1) is 26.4 Å². The van der Waals surface area contributed by atoms with E-state index in [0.717, 1.165) is 0 Å². The topological polar surface area (TPSA) is 105 Å². The first-order valence-corrected chi connectivity index (χ1v) is 10.0. The highest BCUT2D eigenvalue weighted by molar-refractivity contribution is 7.10. The van der Waals surface area contributed by atoms with Crippen LogP contribution >= 0.6 is 11.3 Å². The smallest absolute Gasteiger partial charge is 0.321 e. The Hall–Kier alpha value is -2.42. The second-order valence-electron chi connectivity index (χ2n) is 5.50. The van der Waals surface area contributed by atoms with Crippen LogP contribution < -0.4 is 0 Å². The van der Waals surface area contributed by atoms with E-state index in [1.54, 1.807) is 45.2 Å². The summed E-state index contributed by atoms with van der Waals surface area (Å²) in [5.74, 6) is -7.71. The Morgan fingerprint density at radius 1 is 0.750 bits per heavy atom. The number of carbonyl (C=O) groups is 4. The highest BCUT2D eigenvalue weighted by Gasteiger charge is 2.50. The highest BCUT2D eigenvalue weighted by atomic mass is 32.1. The van der Waals surface area contributed by atoms with Gasteiger partial charge in [0.25, 0.3) is 0 Å². The molecule has 1 heterocycles. The first kappa shape index (κ1) is 23.6. The molecule has 9 heteroatoms. The molecule has 1 aromatic heterocycles. The van der Waals surface area contributed by atoms with Crippen LogP contribution in [0.5, 0.6) is 0 Å². The van der Waals surface area contributed by atoms with Crippen LogP contribution in [0.15, 0.2) is 17.5 Å². The molecule has 0 aliphatic carbocycles. The second-order valence-corrected chi connectivity index (χ2v) is 6.48. The van der Waals surface area contributed by atoms with E-state index in [2.05, 4.69) is 0 Å². The van der Waals surface area contributed by atoms with Gasteiger partial charge in [0, 0.05) is 10.8 Å². The van der Waals surface area contributed by atoms with Gasteiger partial charge in [0.2, 0.25) is 0 Å². The van der Waals surface area contributed by atoms with Crippen LogP contribution in [0.2, 0.25) is 0 Å². The maximum atomic E-state index is 12.6. The van der Waals surface area contributed by atoms with Crippen molar-refractivity contribution in [1.29, 1.82) is 0 Å². The number of hydrogen-bond donors (Lipinski definition) is 0. The Morgan fingerprint density at radius 3 is 1.36 bits per heavy atom. The zero-order chi connectivity index (χ0) is 21.1. The predicted octanol–water partition coefficient (Wildman–Crippen LogP) is 2.32. The molecular weight excluding hydrogens is 388 g/mol. The van der Waals surface area contributed by atoms with Gasteiger partial charge in [-0.1, -0.05) is 6.07 Å². The molecule has 28 heavy (non-hydrogen) atoms. The molecule has 0 unspecified atom stereocenters. The summed E-state index contributed by atoms with van der Waals surface area (Å²) in [5.41, 5.74) is 0. The van der Waals surface area contributed by atoms with Gasteiger partial charge < -0.3 is 18.9 Å². The second kappa shape index (κ2) is 12.1. The molecule has 0 saturated carbocycles. The van der Waals surface area contributed by atoms with Crippen LogP contribution in [0.3, 0.4) is 0 Å². The molecule has 1 rings (SSSR count). The third-order valence-electron chi connectivity index (χ3n) is 3.75. The molecule has 0 fully saturated rings. The first-order valence-electron chi connectivity index (χ1n) is 9.12. The van der Waals surface area contributed by atoms with Gasteiger partial charge in [0.1, 0.15) is 0 Å². The molecule has 0 N–H and O–H groups in total. The summed E-state index contributed by atoms with van der Waals surface area (Å²) in [5, 5.41) is 1.71. The Kier molecular flexibility index (Phi) is 10.2. The fourth-order valence-corrected chi connectivity index (χ4v) is 3.61. The summed E-state index contributed by atoms with van der Waals surface area (Å²) in [6.07, 6.45) is 0. The van der Waals surface area contributed by atoms with Crippen molar-refractivity contribution in [3.8, 4) is 0 Å². The molecule has 0 aliphatic heterocycles. The standard InChI is InChI=1S/C19H26O8S/c1-5-24-16(20)14(17(21)25-6-2)13(12-10-9-11-28-12)15(18(22)26-7-3)19(23)27-8-4/h9-11,13-15H,5-8H2,1-4H3. The molecule has 0 aromatic carbocycles. The third-order valence-corrected chi connectivity index (χ3v) is 4.73. The average molecular weight is 414 g/mol. The summed E-state index contributed by atoms with van der Waals surface area (Å²) >= 11 is 1.20. The van der Waals surface area contributed by atoms with Crippen LogP contribution in [0, 0.1) is 11.8 Å². The van der Waals surface area contributed by atoms with E-state index in [1.807, 2.05) is 0 Å². The van der Waals surface area contributed by atoms with Gasteiger partial charge in [-0.05, 0) is 39.1 Å². The van der Waals surface area contributed by atoms with Crippen molar-refractivity contribution in [2.75, 3.05) is 26.4 Å². The molecule has 0 spiro atoms. The number of hydrogen-bond acceptors (Lipinski definition) is 9. The molecule has 156 valence electrons. The number of ether oxygens (including phenoxy) is 4. The van der Waals surface area contributed by atoms with E-state index in [9.17, 15) is 19.2 Å². The van der Waals surface area contributed by atoms with E-state index >= 15 is 0 Å². The highest BCUT2D eigenvalue weighted by Crippen LogP contribution is 2.38. The fourth-order valence-electron chi connectivity index (χ4n) is 2.71. The summed E-state index contributed by atoms with van der Waals surface area (Å²) in [7, 11) is 0. The zero-order valence-corrected chi connectivity index (χ0v) is 17.3. The van der Waals surface area contributed by atoms with E-state index in [-0.39, 0.29) is 26.4 Å². The van der Waals surface area contributed by atoms with Crippen molar-refractivity contribution < 1.29 is 38.1 Å². The van der Waals surface area contributed by atoms with E-state index in [0.29, 0.717) is 4.88 Å². The lowest BCUT2D eigenvalue weighted by Crippen LogP contribution is -2.42. The maximum absolute atomic E-state index is 12.6. The van der Waals surface area contributed by atoms with Crippen LogP contribution in [-0.4, -0.2) is 50.3 Å². The quantitative estimate of drug-likeness (QED) is 0.309. The van der Waals surface area contributed by atoms with Gasteiger partial charge in [0.15, 0.2) is 11.8 Å². The Labute approximate surface area is 168 Å². The minimum atomic E-state index is -1.52. The lowest BCUT2D eigenvalue weighted by atomic mass is 9.80.